The second kappa shape index (κ2) is 5.30. The first-order valence-electron chi connectivity index (χ1n) is 5.83. The Bertz CT molecular complexity index is 345. The molecule has 2 unspecified atom stereocenters. The Kier molecular flexibility index (Phi) is 4.30. The molecular formula is C13H22N2O. The highest BCUT2D eigenvalue weighted by Gasteiger charge is 2.21. The maximum absolute atomic E-state index is 9.30. The number of hydrogen-bond acceptors (Lipinski definition) is 2. The summed E-state index contributed by atoms with van der Waals surface area (Å²) < 4.78 is 1.98. The maximum Gasteiger partial charge on any atom is 0.0634 e. The smallest absolute Gasteiger partial charge is 0.0634 e. The summed E-state index contributed by atoms with van der Waals surface area (Å²) in [4.78, 5) is 0. The molecule has 2 atom stereocenters. The van der Waals surface area contributed by atoms with Crippen LogP contribution in [0.1, 0.15) is 38.9 Å². The van der Waals surface area contributed by atoms with E-state index in [1.807, 2.05) is 23.9 Å². The van der Waals surface area contributed by atoms with Crippen molar-refractivity contribution in [2.24, 2.45) is 5.41 Å². The average molecular weight is 222 g/mol. The number of rotatable bonds is 6. The normalized spacial score (nSPS) is 16.8. The Morgan fingerprint density at radius 3 is 2.88 bits per heavy atom. The summed E-state index contributed by atoms with van der Waals surface area (Å²) in [5.74, 6) is 0. The third-order valence-electron chi connectivity index (χ3n) is 3.14. The summed E-state index contributed by atoms with van der Waals surface area (Å²) in [6.45, 7) is 10.2. The van der Waals surface area contributed by atoms with Crippen LogP contribution < -0.4 is 0 Å². The van der Waals surface area contributed by atoms with E-state index in [4.69, 9.17) is 0 Å². The van der Waals surface area contributed by atoms with E-state index in [2.05, 4.69) is 25.5 Å². The van der Waals surface area contributed by atoms with Gasteiger partial charge in [-0.1, -0.05) is 19.9 Å². The van der Waals surface area contributed by atoms with Gasteiger partial charge in [0.1, 0.15) is 0 Å². The highest BCUT2D eigenvalue weighted by molar-refractivity contribution is 5.07. The Morgan fingerprint density at radius 1 is 1.69 bits per heavy atom. The first-order valence-corrected chi connectivity index (χ1v) is 5.83. The molecule has 1 rings (SSSR count). The predicted molar refractivity (Wildman–Crippen MR) is 66.3 cm³/mol. The molecule has 90 valence electrons. The maximum atomic E-state index is 9.30. The minimum Gasteiger partial charge on any atom is -0.395 e. The van der Waals surface area contributed by atoms with Gasteiger partial charge in [-0.25, -0.2) is 0 Å². The number of hydrogen-bond donors (Lipinski definition) is 1. The van der Waals surface area contributed by atoms with Crippen LogP contribution in [0.4, 0.5) is 0 Å². The van der Waals surface area contributed by atoms with E-state index >= 15 is 0 Å². The summed E-state index contributed by atoms with van der Waals surface area (Å²) >= 11 is 0. The molecular weight excluding hydrogens is 200 g/mol. The van der Waals surface area contributed by atoms with E-state index in [1.54, 1.807) is 6.08 Å². The summed E-state index contributed by atoms with van der Waals surface area (Å²) in [7, 11) is 0. The minimum absolute atomic E-state index is 0.104. The second-order valence-corrected chi connectivity index (χ2v) is 4.74. The number of aromatic nitrogens is 2. The van der Waals surface area contributed by atoms with Gasteiger partial charge in [0.15, 0.2) is 0 Å². The van der Waals surface area contributed by atoms with Crippen LogP contribution in [0.25, 0.3) is 0 Å². The van der Waals surface area contributed by atoms with Gasteiger partial charge in [0, 0.05) is 24.1 Å². The van der Waals surface area contributed by atoms with Gasteiger partial charge in [0.25, 0.3) is 0 Å². The molecule has 1 aromatic rings. The lowest BCUT2D eigenvalue weighted by atomic mass is 9.87. The lowest BCUT2D eigenvalue weighted by molar-refractivity contribution is 0.183. The second-order valence-electron chi connectivity index (χ2n) is 4.74. The molecule has 1 heterocycles. The van der Waals surface area contributed by atoms with Gasteiger partial charge in [0.05, 0.1) is 12.3 Å². The van der Waals surface area contributed by atoms with Gasteiger partial charge in [-0.05, 0) is 19.4 Å². The van der Waals surface area contributed by atoms with Crippen molar-refractivity contribution in [1.29, 1.82) is 0 Å². The molecule has 0 aromatic carbocycles. The number of aliphatic hydroxyl groups is 1. The van der Waals surface area contributed by atoms with Crippen LogP contribution >= 0.6 is 0 Å². The quantitative estimate of drug-likeness (QED) is 0.751. The Hall–Kier alpha value is -1.09. The van der Waals surface area contributed by atoms with Crippen molar-refractivity contribution in [3.63, 3.8) is 0 Å². The predicted octanol–water partition coefficient (Wildman–Crippen LogP) is 2.58. The van der Waals surface area contributed by atoms with Crippen molar-refractivity contribution >= 4 is 0 Å². The van der Waals surface area contributed by atoms with Crippen molar-refractivity contribution in [2.45, 2.75) is 39.7 Å². The first-order chi connectivity index (χ1) is 7.54. The fourth-order valence-corrected chi connectivity index (χ4v) is 1.51. The van der Waals surface area contributed by atoms with Gasteiger partial charge in [-0.15, -0.1) is 6.58 Å². The topological polar surface area (TPSA) is 38.0 Å². The Morgan fingerprint density at radius 2 is 2.38 bits per heavy atom. The Balaban J connectivity index is 2.75. The molecule has 0 saturated heterocycles. The molecule has 16 heavy (non-hydrogen) atoms. The summed E-state index contributed by atoms with van der Waals surface area (Å²) in [6.07, 6.45) is 5.61. The van der Waals surface area contributed by atoms with Gasteiger partial charge >= 0.3 is 0 Å². The molecule has 1 aromatic heterocycles. The van der Waals surface area contributed by atoms with Crippen molar-refractivity contribution in [3.8, 4) is 0 Å². The van der Waals surface area contributed by atoms with E-state index in [-0.39, 0.29) is 12.0 Å². The molecule has 0 aliphatic rings. The highest BCUT2D eigenvalue weighted by atomic mass is 16.3. The van der Waals surface area contributed by atoms with Crippen LogP contribution in [0, 0.1) is 5.41 Å². The van der Waals surface area contributed by atoms with Crippen LogP contribution in [-0.4, -0.2) is 21.5 Å². The van der Waals surface area contributed by atoms with Gasteiger partial charge in [0.2, 0.25) is 0 Å². The molecule has 0 aliphatic heterocycles. The molecule has 0 spiro atoms. The summed E-state index contributed by atoms with van der Waals surface area (Å²) in [5, 5.41) is 13.8. The largest absolute Gasteiger partial charge is 0.395 e. The zero-order chi connectivity index (χ0) is 12.2. The zero-order valence-electron chi connectivity index (χ0n) is 10.5. The van der Waals surface area contributed by atoms with Crippen LogP contribution in [0.3, 0.4) is 0 Å². The van der Waals surface area contributed by atoms with Crippen LogP contribution in [0.5, 0.6) is 0 Å². The third kappa shape index (κ3) is 2.95. The summed E-state index contributed by atoms with van der Waals surface area (Å²) in [6, 6.07) is 2.45. The van der Waals surface area contributed by atoms with E-state index < -0.39 is 0 Å². The molecule has 0 fully saturated rings. The number of aliphatic hydroxyl groups excluding tert-OH is 1. The molecule has 0 bridgehead atoms. The third-order valence-corrected chi connectivity index (χ3v) is 3.14. The molecule has 0 radical (unpaired) electrons. The molecule has 0 saturated carbocycles. The summed E-state index contributed by atoms with van der Waals surface area (Å²) in [5.41, 5.74) is 0.742. The van der Waals surface area contributed by atoms with Gasteiger partial charge in [-0.3, -0.25) is 4.68 Å². The van der Waals surface area contributed by atoms with E-state index in [9.17, 15) is 5.11 Å². The average Bonchev–Trinajstić information content (AvgIpc) is 2.76. The van der Waals surface area contributed by atoms with Crippen molar-refractivity contribution in [1.82, 2.24) is 9.78 Å². The molecule has 3 nitrogen and oxygen atoms in total. The minimum atomic E-state index is -0.269. The fourth-order valence-electron chi connectivity index (χ4n) is 1.51. The monoisotopic (exact) mass is 222 g/mol. The molecule has 0 amide bonds. The first kappa shape index (κ1) is 13.0. The fraction of sp³-hybridized carbons (Fsp3) is 0.615. The van der Waals surface area contributed by atoms with Crippen LogP contribution in [0.15, 0.2) is 24.9 Å². The number of nitrogens with zero attached hydrogens (tertiary/aromatic N) is 2. The van der Waals surface area contributed by atoms with Crippen molar-refractivity contribution < 1.29 is 5.11 Å². The van der Waals surface area contributed by atoms with Gasteiger partial charge < -0.3 is 5.11 Å². The van der Waals surface area contributed by atoms with Crippen molar-refractivity contribution in [3.05, 3.63) is 30.6 Å². The zero-order valence-corrected chi connectivity index (χ0v) is 10.5. The van der Waals surface area contributed by atoms with Crippen LogP contribution in [0.2, 0.25) is 0 Å². The molecule has 1 N–H and O–H groups in total. The lowest BCUT2D eigenvalue weighted by Crippen LogP contribution is -2.21. The van der Waals surface area contributed by atoms with Gasteiger partial charge in [-0.2, -0.15) is 5.10 Å². The van der Waals surface area contributed by atoms with Crippen LogP contribution in [-0.2, 0) is 6.42 Å². The standard InChI is InChI=1S/C13H22N2O/c1-5-11(3)15-8-7-12(14-15)9-13(4,6-2)10-16/h6-8,11,16H,2,5,9-10H2,1,3-4H3. The van der Waals surface area contributed by atoms with E-state index in [1.165, 1.54) is 0 Å². The highest BCUT2D eigenvalue weighted by Crippen LogP contribution is 2.22. The lowest BCUT2D eigenvalue weighted by Gasteiger charge is -2.21. The SMILES string of the molecule is C=CC(C)(CO)Cc1ccn(C(C)CC)n1. The Labute approximate surface area is 97.8 Å². The van der Waals surface area contributed by atoms with E-state index in [0.29, 0.717) is 6.04 Å². The van der Waals surface area contributed by atoms with Crippen molar-refractivity contribution in [2.75, 3.05) is 6.61 Å². The van der Waals surface area contributed by atoms with E-state index in [0.717, 1.165) is 18.5 Å². The molecule has 0 aliphatic carbocycles. The molecule has 3 heteroatoms.